The Labute approximate surface area is 111 Å². The highest BCUT2D eigenvalue weighted by Crippen LogP contribution is 2.21. The average molecular weight is 289 g/mol. The topological polar surface area (TPSA) is 92.5 Å². The predicted molar refractivity (Wildman–Crippen MR) is 69.3 cm³/mol. The fourth-order valence-electron chi connectivity index (χ4n) is 1.47. The lowest BCUT2D eigenvalue weighted by Crippen LogP contribution is -2.39. The van der Waals surface area contributed by atoms with Gasteiger partial charge in [0.15, 0.2) is 0 Å². The first-order valence-electron chi connectivity index (χ1n) is 5.58. The van der Waals surface area contributed by atoms with Gasteiger partial charge in [-0.15, -0.1) is 0 Å². The van der Waals surface area contributed by atoms with Gasteiger partial charge in [-0.05, 0) is 18.2 Å². The van der Waals surface area contributed by atoms with Crippen LogP contribution >= 0.6 is 0 Å². The van der Waals surface area contributed by atoms with E-state index in [2.05, 4.69) is 5.32 Å². The third kappa shape index (κ3) is 3.42. The molecular weight excluding hydrogens is 273 g/mol. The Morgan fingerprint density at radius 1 is 1.47 bits per heavy atom. The number of nitrogen functional groups attached to an aromatic ring is 1. The van der Waals surface area contributed by atoms with E-state index in [1.54, 1.807) is 6.92 Å². The molecule has 1 aromatic carbocycles. The first-order chi connectivity index (χ1) is 8.82. The Hall–Kier alpha value is -1.67. The van der Waals surface area contributed by atoms with Crippen LogP contribution in [0.1, 0.15) is 6.92 Å². The largest absolute Gasteiger partial charge is 0.399 e. The van der Waals surface area contributed by atoms with Gasteiger partial charge in [-0.2, -0.15) is 4.31 Å². The molecule has 1 aromatic rings. The normalized spacial score (nSPS) is 11.6. The summed E-state index contributed by atoms with van der Waals surface area (Å²) in [6.07, 6.45) is 0. The zero-order valence-electron chi connectivity index (χ0n) is 10.7. The smallest absolute Gasteiger partial charge is 0.246 e. The number of likely N-dealkylation sites (N-methyl/N-ethyl adjacent to an activating group) is 2. The van der Waals surface area contributed by atoms with Gasteiger partial charge in [0.25, 0.3) is 0 Å². The van der Waals surface area contributed by atoms with Crippen LogP contribution in [0.5, 0.6) is 0 Å². The van der Waals surface area contributed by atoms with Crippen molar-refractivity contribution in [3.63, 3.8) is 0 Å². The van der Waals surface area contributed by atoms with Crippen LogP contribution in [0, 0.1) is 5.82 Å². The fraction of sp³-hybridized carbons (Fsp3) is 0.364. The molecule has 0 bridgehead atoms. The molecule has 0 heterocycles. The summed E-state index contributed by atoms with van der Waals surface area (Å²) in [5, 5.41) is 2.32. The van der Waals surface area contributed by atoms with Crippen LogP contribution in [-0.2, 0) is 14.8 Å². The van der Waals surface area contributed by atoms with E-state index in [4.69, 9.17) is 5.73 Å². The fourth-order valence-corrected chi connectivity index (χ4v) is 2.92. The first-order valence-corrected chi connectivity index (χ1v) is 7.02. The van der Waals surface area contributed by atoms with E-state index < -0.39 is 26.6 Å². The lowest BCUT2D eigenvalue weighted by molar-refractivity contribution is -0.120. The Morgan fingerprint density at radius 2 is 2.11 bits per heavy atom. The van der Waals surface area contributed by atoms with Crippen molar-refractivity contribution in [2.24, 2.45) is 0 Å². The molecule has 106 valence electrons. The zero-order valence-corrected chi connectivity index (χ0v) is 11.5. The lowest BCUT2D eigenvalue weighted by Gasteiger charge is -2.19. The number of benzene rings is 1. The molecule has 0 saturated heterocycles. The van der Waals surface area contributed by atoms with Crippen molar-refractivity contribution in [2.45, 2.75) is 11.8 Å². The molecule has 6 nitrogen and oxygen atoms in total. The quantitative estimate of drug-likeness (QED) is 0.755. The number of amides is 1. The summed E-state index contributed by atoms with van der Waals surface area (Å²) in [4.78, 5) is 10.8. The first kappa shape index (κ1) is 15.4. The van der Waals surface area contributed by atoms with Crippen molar-refractivity contribution in [3.8, 4) is 0 Å². The molecular formula is C11H16FN3O3S. The van der Waals surface area contributed by atoms with Gasteiger partial charge in [0.1, 0.15) is 10.7 Å². The number of sulfonamides is 1. The molecule has 3 N–H and O–H groups in total. The maximum atomic E-state index is 13.7. The second-order valence-electron chi connectivity index (χ2n) is 3.79. The number of nitrogens with one attached hydrogen (secondary N) is 1. The molecule has 8 heteroatoms. The highest BCUT2D eigenvalue weighted by atomic mass is 32.2. The van der Waals surface area contributed by atoms with Crippen LogP contribution in [0.25, 0.3) is 0 Å². The molecule has 19 heavy (non-hydrogen) atoms. The number of hydrogen-bond donors (Lipinski definition) is 2. The van der Waals surface area contributed by atoms with Crippen molar-refractivity contribution in [1.82, 2.24) is 9.62 Å². The Bertz CT molecular complexity index is 575. The molecule has 0 atom stereocenters. The number of hydrogen-bond acceptors (Lipinski definition) is 4. The van der Waals surface area contributed by atoms with Gasteiger partial charge in [0.05, 0.1) is 6.54 Å². The minimum atomic E-state index is -4.06. The van der Waals surface area contributed by atoms with Crippen molar-refractivity contribution >= 4 is 21.6 Å². The van der Waals surface area contributed by atoms with E-state index in [9.17, 15) is 17.6 Å². The summed E-state index contributed by atoms with van der Waals surface area (Å²) in [7, 11) is -2.67. The van der Waals surface area contributed by atoms with Gasteiger partial charge >= 0.3 is 0 Å². The second kappa shape index (κ2) is 5.98. The number of nitrogens with zero attached hydrogens (tertiary/aromatic N) is 1. The van der Waals surface area contributed by atoms with Crippen LogP contribution in [-0.4, -0.2) is 38.8 Å². The summed E-state index contributed by atoms with van der Waals surface area (Å²) in [6.45, 7) is 1.26. The van der Waals surface area contributed by atoms with Gasteiger partial charge in [-0.25, -0.2) is 12.8 Å². The molecule has 0 aliphatic heterocycles. The highest BCUT2D eigenvalue weighted by Gasteiger charge is 2.27. The van der Waals surface area contributed by atoms with E-state index >= 15 is 0 Å². The van der Waals surface area contributed by atoms with E-state index in [1.165, 1.54) is 13.1 Å². The Kier molecular flexibility index (Phi) is 4.84. The molecule has 0 unspecified atom stereocenters. The third-order valence-corrected chi connectivity index (χ3v) is 4.48. The van der Waals surface area contributed by atoms with Crippen molar-refractivity contribution in [3.05, 3.63) is 24.0 Å². The lowest BCUT2D eigenvalue weighted by atomic mass is 10.3. The molecule has 1 amide bonds. The SMILES string of the molecule is CCN(CC(=O)NC)S(=O)(=O)c1ccc(N)cc1F. The average Bonchev–Trinajstić information content (AvgIpc) is 2.34. The number of carbonyl (C=O) groups excluding carboxylic acids is 1. The second-order valence-corrected chi connectivity index (χ2v) is 5.70. The monoisotopic (exact) mass is 289 g/mol. The highest BCUT2D eigenvalue weighted by molar-refractivity contribution is 7.89. The van der Waals surface area contributed by atoms with Crippen LogP contribution in [0.3, 0.4) is 0 Å². The Morgan fingerprint density at radius 3 is 2.58 bits per heavy atom. The molecule has 0 saturated carbocycles. The van der Waals surface area contributed by atoms with Crippen molar-refractivity contribution in [2.75, 3.05) is 25.9 Å². The standard InChI is InChI=1S/C11H16FN3O3S/c1-3-15(7-11(16)14-2)19(17,18)10-5-4-8(13)6-9(10)12/h4-6H,3,7,13H2,1-2H3,(H,14,16). The molecule has 0 radical (unpaired) electrons. The molecule has 0 aliphatic carbocycles. The summed E-state index contributed by atoms with van der Waals surface area (Å²) in [6, 6.07) is 3.32. The van der Waals surface area contributed by atoms with Gasteiger partial charge in [0, 0.05) is 19.3 Å². The molecule has 0 fully saturated rings. The van der Waals surface area contributed by atoms with Crippen molar-refractivity contribution < 1.29 is 17.6 Å². The predicted octanol–water partition coefficient (Wildman–Crippen LogP) is 0.165. The molecule has 0 spiro atoms. The van der Waals surface area contributed by atoms with Crippen LogP contribution in [0.15, 0.2) is 23.1 Å². The number of halogens is 1. The maximum absolute atomic E-state index is 13.7. The van der Waals surface area contributed by atoms with Gasteiger partial charge < -0.3 is 11.1 Å². The number of rotatable bonds is 5. The Balaban J connectivity index is 3.17. The minimum Gasteiger partial charge on any atom is -0.399 e. The van der Waals surface area contributed by atoms with Crippen LogP contribution in [0.2, 0.25) is 0 Å². The summed E-state index contributed by atoms with van der Waals surface area (Å²) >= 11 is 0. The van der Waals surface area contributed by atoms with E-state index in [0.29, 0.717) is 0 Å². The third-order valence-electron chi connectivity index (χ3n) is 2.53. The number of carbonyl (C=O) groups is 1. The van der Waals surface area contributed by atoms with Gasteiger partial charge in [0.2, 0.25) is 15.9 Å². The zero-order chi connectivity index (χ0) is 14.6. The molecule has 0 aromatic heterocycles. The van der Waals surface area contributed by atoms with Crippen LogP contribution < -0.4 is 11.1 Å². The van der Waals surface area contributed by atoms with Gasteiger partial charge in [-0.1, -0.05) is 6.92 Å². The summed E-state index contributed by atoms with van der Waals surface area (Å²) < 4.78 is 39.0. The molecule has 1 rings (SSSR count). The van der Waals surface area contributed by atoms with Crippen molar-refractivity contribution in [1.29, 1.82) is 0 Å². The number of nitrogens with two attached hydrogens (primary N) is 1. The summed E-state index contributed by atoms with van der Waals surface area (Å²) in [5.41, 5.74) is 5.50. The van der Waals surface area contributed by atoms with E-state index in [-0.39, 0.29) is 18.8 Å². The minimum absolute atomic E-state index is 0.0551. The van der Waals surface area contributed by atoms with Crippen LogP contribution in [0.4, 0.5) is 10.1 Å². The van der Waals surface area contributed by atoms with Gasteiger partial charge in [-0.3, -0.25) is 4.79 Å². The van der Waals surface area contributed by atoms with E-state index in [0.717, 1.165) is 16.4 Å². The summed E-state index contributed by atoms with van der Waals surface area (Å²) in [5.74, 6) is -1.41. The number of anilines is 1. The van der Waals surface area contributed by atoms with E-state index in [1.807, 2.05) is 0 Å². The maximum Gasteiger partial charge on any atom is 0.246 e. The molecule has 0 aliphatic rings.